The predicted molar refractivity (Wildman–Crippen MR) is 126 cm³/mol. The summed E-state index contributed by atoms with van der Waals surface area (Å²) in [6, 6.07) is -0.822. The number of ether oxygens (including phenoxy) is 2. The lowest BCUT2D eigenvalue weighted by atomic mass is 10.0. The van der Waals surface area contributed by atoms with Gasteiger partial charge in [0, 0.05) is 12.8 Å². The van der Waals surface area contributed by atoms with Crippen LogP contribution in [0.4, 0.5) is 0 Å². The molecule has 2 amide bonds. The van der Waals surface area contributed by atoms with Gasteiger partial charge in [0.05, 0.1) is 13.2 Å². The van der Waals surface area contributed by atoms with Crippen molar-refractivity contribution in [2.75, 3.05) is 13.2 Å². The quantitative estimate of drug-likeness (QED) is 0.399. The third-order valence-electron chi connectivity index (χ3n) is 6.12. The topological polar surface area (TPSA) is 111 Å². The molecule has 0 aromatic rings. The predicted octanol–water partition coefficient (Wildman–Crippen LogP) is 3.66. The maximum Gasteiger partial charge on any atom is 0.328 e. The summed E-state index contributed by atoms with van der Waals surface area (Å²) >= 11 is 0. The Labute approximate surface area is 198 Å². The van der Waals surface area contributed by atoms with Crippen LogP contribution in [-0.4, -0.2) is 49.1 Å². The molecular weight excluding hydrogens is 424 g/mol. The summed E-state index contributed by atoms with van der Waals surface area (Å²) in [5.74, 6) is 0.197. The van der Waals surface area contributed by atoms with Crippen LogP contribution in [0, 0.1) is 11.8 Å². The van der Waals surface area contributed by atoms with Gasteiger partial charge in [-0.2, -0.15) is 0 Å². The number of amides is 2. The number of hydrogen-bond donors (Lipinski definition) is 2. The van der Waals surface area contributed by atoms with Crippen molar-refractivity contribution >= 4 is 23.8 Å². The minimum absolute atomic E-state index is 0.0509. The Balaban J connectivity index is 0.000000331. The van der Waals surface area contributed by atoms with Crippen molar-refractivity contribution in [1.29, 1.82) is 0 Å². The Bertz CT molecular complexity index is 624. The average molecular weight is 469 g/mol. The molecule has 0 aromatic heterocycles. The number of rotatable bonds is 13. The summed E-state index contributed by atoms with van der Waals surface area (Å²) in [4.78, 5) is 45.1. The number of unbranched alkanes of at least 4 members (excludes halogenated alkanes) is 2. The fourth-order valence-corrected chi connectivity index (χ4v) is 3.74. The highest BCUT2D eigenvalue weighted by Crippen LogP contribution is 2.15. The zero-order valence-electron chi connectivity index (χ0n) is 21.0. The van der Waals surface area contributed by atoms with Crippen molar-refractivity contribution in [3.63, 3.8) is 0 Å². The minimum atomic E-state index is -0.411. The first-order valence-corrected chi connectivity index (χ1v) is 12.7. The van der Waals surface area contributed by atoms with Gasteiger partial charge in [-0.05, 0) is 37.5 Å². The normalized spacial score (nSPS) is 21.3. The van der Waals surface area contributed by atoms with Gasteiger partial charge in [-0.15, -0.1) is 0 Å². The lowest BCUT2D eigenvalue weighted by molar-refractivity contribution is -0.148. The molecule has 2 saturated heterocycles. The first-order chi connectivity index (χ1) is 15.8. The van der Waals surface area contributed by atoms with E-state index in [1.165, 1.54) is 19.3 Å². The van der Waals surface area contributed by atoms with Gasteiger partial charge < -0.3 is 20.1 Å². The molecule has 0 spiro atoms. The molecule has 2 rings (SSSR count). The van der Waals surface area contributed by atoms with Gasteiger partial charge in [0.1, 0.15) is 12.1 Å². The molecule has 2 heterocycles. The fourth-order valence-electron chi connectivity index (χ4n) is 3.74. The van der Waals surface area contributed by atoms with Crippen molar-refractivity contribution in [2.45, 2.75) is 110 Å². The highest BCUT2D eigenvalue weighted by Gasteiger charge is 2.29. The molecule has 0 saturated carbocycles. The smallest absolute Gasteiger partial charge is 0.328 e. The van der Waals surface area contributed by atoms with Crippen LogP contribution in [-0.2, 0) is 28.7 Å². The molecular formula is C25H44N2O6. The monoisotopic (exact) mass is 468 g/mol. The van der Waals surface area contributed by atoms with Crippen LogP contribution in [0.5, 0.6) is 0 Å². The van der Waals surface area contributed by atoms with Crippen molar-refractivity contribution in [2.24, 2.45) is 11.8 Å². The summed E-state index contributed by atoms with van der Waals surface area (Å²) in [7, 11) is 0. The molecule has 2 N–H and O–H groups in total. The summed E-state index contributed by atoms with van der Waals surface area (Å²) in [5, 5.41) is 5.23. The van der Waals surface area contributed by atoms with Crippen LogP contribution in [0.25, 0.3) is 0 Å². The molecule has 0 aromatic carbocycles. The van der Waals surface area contributed by atoms with Crippen molar-refractivity contribution in [3.8, 4) is 0 Å². The first kappa shape index (κ1) is 28.9. The van der Waals surface area contributed by atoms with E-state index in [-0.39, 0.29) is 23.8 Å². The highest BCUT2D eigenvalue weighted by molar-refractivity contribution is 5.88. The molecule has 8 nitrogen and oxygen atoms in total. The highest BCUT2D eigenvalue weighted by atomic mass is 16.5. The molecule has 2 aliphatic rings. The van der Waals surface area contributed by atoms with Crippen molar-refractivity contribution < 1.29 is 28.7 Å². The lowest BCUT2D eigenvalue weighted by Crippen LogP contribution is -2.35. The second-order valence-corrected chi connectivity index (χ2v) is 9.24. The second-order valence-electron chi connectivity index (χ2n) is 9.24. The van der Waals surface area contributed by atoms with E-state index in [0.29, 0.717) is 50.7 Å². The molecule has 190 valence electrons. The molecule has 2 unspecified atom stereocenters. The van der Waals surface area contributed by atoms with E-state index in [1.54, 1.807) is 0 Å². The Kier molecular flexibility index (Phi) is 14.4. The summed E-state index contributed by atoms with van der Waals surface area (Å²) < 4.78 is 10.5. The third kappa shape index (κ3) is 12.1. The SMILES string of the molecule is CCCCC(C)COC(=O)[C@@H]1CCC(=O)N1.CCCCC(CC)COC(=O)[C@@H]1CCC(=O)N1. The largest absolute Gasteiger partial charge is 0.464 e. The molecule has 0 bridgehead atoms. The third-order valence-corrected chi connectivity index (χ3v) is 6.12. The van der Waals surface area contributed by atoms with Gasteiger partial charge in [-0.1, -0.05) is 59.8 Å². The fraction of sp³-hybridized carbons (Fsp3) is 0.840. The summed E-state index contributed by atoms with van der Waals surface area (Å²) in [5.41, 5.74) is 0. The van der Waals surface area contributed by atoms with Gasteiger partial charge in [-0.3, -0.25) is 9.59 Å². The molecule has 4 atom stereocenters. The minimum Gasteiger partial charge on any atom is -0.464 e. The number of nitrogens with one attached hydrogen (secondary N) is 2. The van der Waals surface area contributed by atoms with E-state index in [0.717, 1.165) is 25.7 Å². The van der Waals surface area contributed by atoms with Crippen molar-refractivity contribution in [3.05, 3.63) is 0 Å². The van der Waals surface area contributed by atoms with Crippen LogP contribution < -0.4 is 10.6 Å². The molecule has 2 fully saturated rings. The number of carbonyl (C=O) groups is 4. The number of carbonyl (C=O) groups excluding carboxylic acids is 4. The van der Waals surface area contributed by atoms with E-state index >= 15 is 0 Å². The van der Waals surface area contributed by atoms with Gasteiger partial charge in [0.15, 0.2) is 0 Å². The van der Waals surface area contributed by atoms with Crippen LogP contribution in [0.3, 0.4) is 0 Å². The van der Waals surface area contributed by atoms with E-state index in [9.17, 15) is 19.2 Å². The van der Waals surface area contributed by atoms with Crippen LogP contribution >= 0.6 is 0 Å². The second kappa shape index (κ2) is 16.5. The van der Waals surface area contributed by atoms with E-state index < -0.39 is 12.1 Å². The van der Waals surface area contributed by atoms with Crippen LogP contribution in [0.1, 0.15) is 98.3 Å². The van der Waals surface area contributed by atoms with Crippen LogP contribution in [0.15, 0.2) is 0 Å². The first-order valence-electron chi connectivity index (χ1n) is 12.7. The number of hydrogen-bond acceptors (Lipinski definition) is 6. The Morgan fingerprint density at radius 2 is 1.33 bits per heavy atom. The zero-order valence-corrected chi connectivity index (χ0v) is 21.0. The number of esters is 2. The zero-order chi connectivity index (χ0) is 24.6. The summed E-state index contributed by atoms with van der Waals surface area (Å²) in [6.07, 6.45) is 9.92. The van der Waals surface area contributed by atoms with E-state index in [1.807, 2.05) is 0 Å². The maximum atomic E-state index is 11.6. The Morgan fingerprint density at radius 1 is 0.848 bits per heavy atom. The van der Waals surface area contributed by atoms with E-state index in [2.05, 4.69) is 38.3 Å². The molecule has 0 aliphatic carbocycles. The Morgan fingerprint density at radius 3 is 1.76 bits per heavy atom. The van der Waals surface area contributed by atoms with Gasteiger partial charge in [-0.25, -0.2) is 9.59 Å². The van der Waals surface area contributed by atoms with Gasteiger partial charge in [0.2, 0.25) is 11.8 Å². The molecule has 8 heteroatoms. The molecule has 2 aliphatic heterocycles. The Hall–Kier alpha value is -2.12. The average Bonchev–Trinajstić information content (AvgIpc) is 3.44. The van der Waals surface area contributed by atoms with Gasteiger partial charge >= 0.3 is 11.9 Å². The van der Waals surface area contributed by atoms with Crippen molar-refractivity contribution in [1.82, 2.24) is 10.6 Å². The van der Waals surface area contributed by atoms with Gasteiger partial charge in [0.25, 0.3) is 0 Å². The maximum absolute atomic E-state index is 11.6. The van der Waals surface area contributed by atoms with E-state index in [4.69, 9.17) is 9.47 Å². The lowest BCUT2D eigenvalue weighted by Gasteiger charge is -2.16. The summed E-state index contributed by atoms with van der Waals surface area (Å²) in [6.45, 7) is 9.45. The van der Waals surface area contributed by atoms with Crippen LogP contribution in [0.2, 0.25) is 0 Å². The molecule has 0 radical (unpaired) electrons. The standard InChI is InChI=1S/C13H23NO3.C12H21NO3/c1-3-5-6-10(4-2)9-17-13(16)11-7-8-12(15)14-11;1-3-4-5-9(2)8-16-12(15)10-6-7-11(14)13-10/h10-11H,3-9H2,1-2H3,(H,14,15);9-10H,3-8H2,1-2H3,(H,13,14)/t10?,11-;9?,10-/m00/s1. The molecule has 33 heavy (non-hydrogen) atoms.